The lowest BCUT2D eigenvalue weighted by Crippen LogP contribution is -2.42. The average molecular weight is 475 g/mol. The van der Waals surface area contributed by atoms with Crippen LogP contribution in [0.4, 0.5) is 10.1 Å². The molecule has 172 valence electrons. The summed E-state index contributed by atoms with van der Waals surface area (Å²) in [6, 6.07) is 20.9. The van der Waals surface area contributed by atoms with Crippen molar-refractivity contribution in [3.63, 3.8) is 0 Å². The Balaban J connectivity index is 1.56. The van der Waals surface area contributed by atoms with Crippen LogP contribution in [-0.4, -0.2) is 11.7 Å². The highest BCUT2D eigenvalue weighted by atomic mass is 35.5. The van der Waals surface area contributed by atoms with Gasteiger partial charge in [0.25, 0.3) is 5.91 Å². The van der Waals surface area contributed by atoms with Crippen molar-refractivity contribution in [2.24, 2.45) is 5.92 Å². The largest absolute Gasteiger partial charge is 0.344 e. The number of hydrogen-bond donors (Lipinski definition) is 1. The molecule has 3 aromatic rings. The van der Waals surface area contributed by atoms with Crippen LogP contribution in [0.3, 0.4) is 0 Å². The molecule has 1 heterocycles. The van der Waals surface area contributed by atoms with E-state index in [0.29, 0.717) is 35.5 Å². The number of anilines is 1. The fourth-order valence-corrected chi connectivity index (χ4v) is 5.06. The summed E-state index contributed by atoms with van der Waals surface area (Å²) in [6.45, 7) is 2.47. The van der Waals surface area contributed by atoms with Crippen molar-refractivity contribution in [3.05, 3.63) is 106 Å². The van der Waals surface area contributed by atoms with Crippen LogP contribution in [0.1, 0.15) is 42.5 Å². The summed E-state index contributed by atoms with van der Waals surface area (Å²) in [5.41, 5.74) is 4.66. The highest BCUT2D eigenvalue weighted by Crippen LogP contribution is 2.40. The Bertz CT molecular complexity index is 1290. The van der Waals surface area contributed by atoms with Crippen molar-refractivity contribution in [2.75, 3.05) is 4.90 Å². The van der Waals surface area contributed by atoms with Crippen molar-refractivity contribution >= 4 is 34.6 Å². The van der Waals surface area contributed by atoms with Crippen molar-refractivity contribution in [1.82, 2.24) is 5.32 Å². The van der Waals surface area contributed by atoms with Crippen molar-refractivity contribution in [2.45, 2.75) is 32.4 Å². The van der Waals surface area contributed by atoms with Gasteiger partial charge >= 0.3 is 0 Å². The number of nitrogens with one attached hydrogen (secondary N) is 1. The highest BCUT2D eigenvalue weighted by molar-refractivity contribution is 6.32. The Hall–Kier alpha value is -3.44. The molecule has 2 atom stereocenters. The predicted molar refractivity (Wildman–Crippen MR) is 132 cm³/mol. The number of allylic oxidation sites excluding steroid dienone is 1. The first-order valence-electron chi connectivity index (χ1n) is 11.3. The summed E-state index contributed by atoms with van der Waals surface area (Å²) in [5.74, 6) is -0.848. The summed E-state index contributed by atoms with van der Waals surface area (Å²) in [7, 11) is 0. The lowest BCUT2D eigenvalue weighted by molar-refractivity contribution is -0.131. The number of nitrogens with zero attached hydrogens (tertiary/aromatic N) is 1. The number of amides is 1. The van der Waals surface area contributed by atoms with Crippen LogP contribution in [0.15, 0.2) is 78.5 Å². The molecule has 1 unspecified atom stereocenters. The number of carbonyl (C=O) groups is 2. The zero-order chi connectivity index (χ0) is 23.8. The molecule has 1 saturated carbocycles. The predicted octanol–water partition coefficient (Wildman–Crippen LogP) is 6.07. The number of fused-ring (bicyclic) bond motifs is 1. The Labute approximate surface area is 203 Å². The molecule has 6 heteroatoms. The maximum Gasteiger partial charge on any atom is 0.254 e. The Morgan fingerprint density at radius 1 is 1.06 bits per heavy atom. The fraction of sp³-hybridized carbons (Fsp3) is 0.214. The second-order valence-electron chi connectivity index (χ2n) is 8.76. The van der Waals surface area contributed by atoms with Gasteiger partial charge in [0.1, 0.15) is 11.6 Å². The van der Waals surface area contributed by atoms with Crippen LogP contribution in [0, 0.1) is 11.7 Å². The molecule has 0 saturated heterocycles. The number of para-hydroxylation sites is 1. The van der Waals surface area contributed by atoms with Crippen LogP contribution < -0.4 is 10.2 Å². The molecule has 1 fully saturated rings. The van der Waals surface area contributed by atoms with Gasteiger partial charge in [0.2, 0.25) is 0 Å². The second kappa shape index (κ2) is 9.07. The Morgan fingerprint density at radius 2 is 1.79 bits per heavy atom. The van der Waals surface area contributed by atoms with E-state index in [1.165, 1.54) is 12.1 Å². The standard InChI is InChI=1S/C28H24ClFN2O2/c1-17-26(21-8-5-9-24(29)23(21)16-32(17)20-6-3-2-4-7-20)28(34)31-27(22-14-15-25(22)33)18-10-12-19(30)13-11-18/h2-13,22,27H,14-16H2,1H3,(H,31,34)/t22?,27-/m1/s1. The van der Waals surface area contributed by atoms with E-state index in [1.807, 2.05) is 55.5 Å². The first-order valence-corrected chi connectivity index (χ1v) is 11.7. The van der Waals surface area contributed by atoms with E-state index in [4.69, 9.17) is 11.6 Å². The van der Waals surface area contributed by atoms with E-state index >= 15 is 0 Å². The molecule has 2 aliphatic rings. The minimum atomic E-state index is -0.524. The molecule has 0 radical (unpaired) electrons. The van der Waals surface area contributed by atoms with Crippen molar-refractivity contribution in [3.8, 4) is 0 Å². The molecule has 0 aromatic heterocycles. The van der Waals surface area contributed by atoms with Gasteiger partial charge in [-0.1, -0.05) is 54.1 Å². The highest BCUT2D eigenvalue weighted by Gasteiger charge is 2.38. The monoisotopic (exact) mass is 474 g/mol. The van der Waals surface area contributed by atoms with E-state index in [-0.39, 0.29) is 23.4 Å². The fourth-order valence-electron chi connectivity index (χ4n) is 4.82. The maximum absolute atomic E-state index is 13.8. The number of ketones is 1. The average Bonchev–Trinajstić information content (AvgIpc) is 2.83. The van der Waals surface area contributed by atoms with Crippen molar-refractivity contribution in [1.29, 1.82) is 0 Å². The summed E-state index contributed by atoms with van der Waals surface area (Å²) >= 11 is 6.57. The van der Waals surface area contributed by atoms with Gasteiger partial charge < -0.3 is 10.2 Å². The van der Waals surface area contributed by atoms with Gasteiger partial charge in [-0.25, -0.2) is 4.39 Å². The van der Waals surface area contributed by atoms with Gasteiger partial charge in [-0.05, 0) is 60.4 Å². The minimum Gasteiger partial charge on any atom is -0.344 e. The van der Waals surface area contributed by atoms with Gasteiger partial charge in [0, 0.05) is 35.3 Å². The molecule has 1 aliphatic carbocycles. The van der Waals surface area contributed by atoms with Gasteiger partial charge in [-0.2, -0.15) is 0 Å². The van der Waals surface area contributed by atoms with Crippen LogP contribution in [0.5, 0.6) is 0 Å². The van der Waals surface area contributed by atoms with E-state index in [2.05, 4.69) is 10.2 Å². The molecule has 1 aliphatic heterocycles. The molecule has 0 spiro atoms. The summed E-state index contributed by atoms with van der Waals surface area (Å²) in [5, 5.41) is 3.71. The van der Waals surface area contributed by atoms with Gasteiger partial charge in [-0.3, -0.25) is 9.59 Å². The minimum absolute atomic E-state index is 0.110. The number of carbonyl (C=O) groups excluding carboxylic acids is 2. The smallest absolute Gasteiger partial charge is 0.254 e. The van der Waals surface area contributed by atoms with E-state index < -0.39 is 6.04 Å². The lowest BCUT2D eigenvalue weighted by Gasteiger charge is -2.36. The summed E-state index contributed by atoms with van der Waals surface area (Å²) in [4.78, 5) is 28.3. The third-order valence-corrected chi connectivity index (χ3v) is 7.15. The molecule has 1 amide bonds. The molecule has 3 aromatic carbocycles. The Kier molecular flexibility index (Phi) is 5.96. The topological polar surface area (TPSA) is 49.4 Å². The molecule has 1 N–H and O–H groups in total. The molecule has 5 rings (SSSR count). The quantitative estimate of drug-likeness (QED) is 0.488. The summed E-state index contributed by atoms with van der Waals surface area (Å²) < 4.78 is 13.6. The first kappa shape index (κ1) is 22.4. The van der Waals surface area contributed by atoms with Gasteiger partial charge in [-0.15, -0.1) is 0 Å². The molecule has 34 heavy (non-hydrogen) atoms. The van der Waals surface area contributed by atoms with Crippen LogP contribution in [-0.2, 0) is 16.1 Å². The van der Waals surface area contributed by atoms with Crippen LogP contribution >= 0.6 is 11.6 Å². The second-order valence-corrected chi connectivity index (χ2v) is 9.17. The number of hydrogen-bond acceptors (Lipinski definition) is 3. The van der Waals surface area contributed by atoms with E-state index in [9.17, 15) is 14.0 Å². The van der Waals surface area contributed by atoms with E-state index in [0.717, 1.165) is 22.5 Å². The van der Waals surface area contributed by atoms with Gasteiger partial charge in [0.05, 0.1) is 11.6 Å². The third kappa shape index (κ3) is 4.01. The Morgan fingerprint density at radius 3 is 2.44 bits per heavy atom. The van der Waals surface area contributed by atoms with E-state index in [1.54, 1.807) is 12.1 Å². The summed E-state index contributed by atoms with van der Waals surface area (Å²) in [6.07, 6.45) is 1.19. The van der Waals surface area contributed by atoms with Crippen LogP contribution in [0.2, 0.25) is 5.02 Å². The first-order chi connectivity index (χ1) is 16.4. The van der Waals surface area contributed by atoms with Crippen LogP contribution in [0.25, 0.3) is 5.57 Å². The zero-order valence-corrected chi connectivity index (χ0v) is 19.5. The molecule has 0 bridgehead atoms. The molecular weight excluding hydrogens is 451 g/mol. The number of benzene rings is 3. The third-order valence-electron chi connectivity index (χ3n) is 6.80. The maximum atomic E-state index is 13.8. The molecular formula is C28H24ClFN2O2. The number of Topliss-reactive ketones (excluding diaryl/α,β-unsaturated/α-hetero) is 1. The van der Waals surface area contributed by atoms with Crippen molar-refractivity contribution < 1.29 is 14.0 Å². The lowest BCUT2D eigenvalue weighted by atomic mass is 9.75. The van der Waals surface area contributed by atoms with Gasteiger partial charge in [0.15, 0.2) is 0 Å². The zero-order valence-electron chi connectivity index (χ0n) is 18.7. The number of rotatable bonds is 5. The normalized spacial score (nSPS) is 18.3. The number of halogens is 2. The SMILES string of the molecule is CC1=C(C(=O)N[C@H](c2ccc(F)cc2)C2CCC2=O)c2cccc(Cl)c2CN1c1ccccc1. The molecule has 4 nitrogen and oxygen atoms in total.